The third-order valence-electron chi connectivity index (χ3n) is 5.43. The fraction of sp³-hybridized carbons (Fsp3) is 0.526. The molecule has 2 heterocycles. The number of nitrogens with zero attached hydrogens (tertiary/aromatic N) is 3. The first-order valence-corrected chi connectivity index (χ1v) is 12.5. The van der Waals surface area contributed by atoms with Crippen LogP contribution in [0.1, 0.15) is 40.5 Å². The minimum atomic E-state index is -3.65. The molecule has 1 saturated heterocycles. The van der Waals surface area contributed by atoms with Crippen LogP contribution >= 0.6 is 0 Å². The van der Waals surface area contributed by atoms with E-state index in [1.807, 2.05) is 26.8 Å². The summed E-state index contributed by atoms with van der Waals surface area (Å²) in [6.07, 6.45) is 0.542. The lowest BCUT2D eigenvalue weighted by Crippen LogP contribution is -2.27. The van der Waals surface area contributed by atoms with Gasteiger partial charge in [-0.05, 0) is 45.7 Å². The lowest BCUT2D eigenvalue weighted by molar-refractivity contribution is 0.461. The van der Waals surface area contributed by atoms with E-state index in [1.165, 1.54) is 4.31 Å². The number of hydrogen-bond donors (Lipinski definition) is 0. The van der Waals surface area contributed by atoms with Gasteiger partial charge in [-0.25, -0.2) is 16.8 Å². The van der Waals surface area contributed by atoms with Gasteiger partial charge in [-0.3, -0.25) is 4.68 Å². The molecule has 1 aromatic heterocycles. The maximum Gasteiger partial charge on any atom is 0.243 e. The second-order valence-electron chi connectivity index (χ2n) is 7.68. The van der Waals surface area contributed by atoms with Gasteiger partial charge in [-0.1, -0.05) is 17.7 Å². The molecule has 154 valence electrons. The van der Waals surface area contributed by atoms with E-state index in [0.717, 1.165) is 22.5 Å². The van der Waals surface area contributed by atoms with Crippen molar-refractivity contribution in [3.63, 3.8) is 0 Å². The average Bonchev–Trinajstić information content (AvgIpc) is 3.07. The van der Waals surface area contributed by atoms with Gasteiger partial charge in [0.15, 0.2) is 9.84 Å². The molecular formula is C19H27N3O4S2. The first-order chi connectivity index (χ1) is 12.9. The minimum absolute atomic E-state index is 0.0884. The summed E-state index contributed by atoms with van der Waals surface area (Å²) in [6, 6.07) is 5.11. The fourth-order valence-electron chi connectivity index (χ4n) is 3.81. The summed E-state index contributed by atoms with van der Waals surface area (Å²) in [5, 5.41) is 4.53. The molecule has 0 aliphatic carbocycles. The third kappa shape index (κ3) is 3.88. The van der Waals surface area contributed by atoms with Crippen LogP contribution in [0.4, 0.5) is 0 Å². The molecule has 0 saturated carbocycles. The fourth-order valence-corrected chi connectivity index (χ4v) is 6.85. The van der Waals surface area contributed by atoms with Crippen LogP contribution in [-0.2, 0) is 26.4 Å². The number of aryl methyl sites for hydroxylation is 3. The zero-order valence-electron chi connectivity index (χ0n) is 16.9. The zero-order chi connectivity index (χ0) is 20.9. The summed E-state index contributed by atoms with van der Waals surface area (Å²) < 4.78 is 52.8. The van der Waals surface area contributed by atoms with Crippen LogP contribution in [0.15, 0.2) is 23.1 Å². The van der Waals surface area contributed by atoms with Gasteiger partial charge in [0.1, 0.15) is 0 Å². The zero-order valence-corrected chi connectivity index (χ0v) is 18.6. The number of hydrogen-bond acceptors (Lipinski definition) is 5. The minimum Gasteiger partial charge on any atom is -0.265 e. The molecule has 1 atom stereocenters. The monoisotopic (exact) mass is 425 g/mol. The van der Waals surface area contributed by atoms with E-state index in [1.54, 1.807) is 30.8 Å². The Hall–Kier alpha value is -1.71. The topological polar surface area (TPSA) is 89.3 Å². The molecule has 0 radical (unpaired) electrons. The molecule has 28 heavy (non-hydrogen) atoms. The molecule has 1 aliphatic rings. The Morgan fingerprint density at radius 2 is 1.89 bits per heavy atom. The Labute approximate surface area is 167 Å². The van der Waals surface area contributed by atoms with Crippen molar-refractivity contribution in [1.82, 2.24) is 14.1 Å². The number of sulfonamides is 1. The lowest BCUT2D eigenvalue weighted by atomic mass is 10.2. The van der Waals surface area contributed by atoms with Crippen LogP contribution in [0, 0.1) is 27.7 Å². The van der Waals surface area contributed by atoms with Crippen LogP contribution in [0.5, 0.6) is 0 Å². The van der Waals surface area contributed by atoms with Gasteiger partial charge >= 0.3 is 0 Å². The van der Waals surface area contributed by atoms with Crippen LogP contribution in [0.2, 0.25) is 0 Å². The summed E-state index contributed by atoms with van der Waals surface area (Å²) in [6.45, 7) is 7.62. The Morgan fingerprint density at radius 1 is 1.21 bits per heavy atom. The SMILES string of the molecule is Cc1ccc(S(=O)(=O)N(C)Cc2c(C)nn([C@@H]3CCS(=O)(=O)C3)c2C)c(C)c1. The van der Waals surface area contributed by atoms with Crippen molar-refractivity contribution in [2.75, 3.05) is 18.6 Å². The van der Waals surface area contributed by atoms with Gasteiger partial charge in [0.2, 0.25) is 10.0 Å². The molecule has 0 spiro atoms. The molecular weight excluding hydrogens is 398 g/mol. The van der Waals surface area contributed by atoms with Gasteiger partial charge in [0.25, 0.3) is 0 Å². The predicted octanol–water partition coefficient (Wildman–Crippen LogP) is 2.30. The smallest absolute Gasteiger partial charge is 0.243 e. The van der Waals surface area contributed by atoms with Gasteiger partial charge in [0.05, 0.1) is 28.1 Å². The molecule has 7 nitrogen and oxygen atoms in total. The van der Waals surface area contributed by atoms with Gasteiger partial charge < -0.3 is 0 Å². The van der Waals surface area contributed by atoms with Crippen molar-refractivity contribution in [3.8, 4) is 0 Å². The van der Waals surface area contributed by atoms with Crippen LogP contribution in [0.25, 0.3) is 0 Å². The summed E-state index contributed by atoms with van der Waals surface area (Å²) in [4.78, 5) is 0.296. The number of rotatable bonds is 5. The highest BCUT2D eigenvalue weighted by Crippen LogP contribution is 2.28. The van der Waals surface area contributed by atoms with E-state index in [4.69, 9.17) is 0 Å². The quantitative estimate of drug-likeness (QED) is 0.733. The van der Waals surface area contributed by atoms with Crippen molar-refractivity contribution in [2.45, 2.75) is 51.6 Å². The molecule has 0 unspecified atom stereocenters. The maximum absolute atomic E-state index is 13.1. The molecule has 1 aromatic carbocycles. The Morgan fingerprint density at radius 3 is 2.46 bits per heavy atom. The average molecular weight is 426 g/mol. The third-order valence-corrected chi connectivity index (χ3v) is 9.14. The second kappa shape index (κ2) is 7.27. The van der Waals surface area contributed by atoms with E-state index in [9.17, 15) is 16.8 Å². The van der Waals surface area contributed by atoms with Crippen LogP contribution in [-0.4, -0.2) is 49.5 Å². The van der Waals surface area contributed by atoms with Crippen molar-refractivity contribution in [1.29, 1.82) is 0 Å². The Bertz CT molecular complexity index is 1120. The molecule has 1 fully saturated rings. The molecule has 9 heteroatoms. The van der Waals surface area contributed by atoms with Crippen molar-refractivity contribution < 1.29 is 16.8 Å². The normalized spacial score (nSPS) is 19.4. The second-order valence-corrected chi connectivity index (χ2v) is 11.9. The maximum atomic E-state index is 13.1. The predicted molar refractivity (Wildman–Crippen MR) is 109 cm³/mol. The van der Waals surface area contributed by atoms with Crippen molar-refractivity contribution >= 4 is 19.9 Å². The van der Waals surface area contributed by atoms with Gasteiger partial charge in [-0.2, -0.15) is 9.40 Å². The number of benzene rings is 1. The number of sulfone groups is 1. The lowest BCUT2D eigenvalue weighted by Gasteiger charge is -2.19. The summed E-state index contributed by atoms with van der Waals surface area (Å²) >= 11 is 0. The molecule has 0 bridgehead atoms. The Kier molecular flexibility index (Phi) is 5.46. The van der Waals surface area contributed by atoms with Gasteiger partial charge in [-0.15, -0.1) is 0 Å². The van der Waals surface area contributed by atoms with E-state index in [0.29, 0.717) is 16.9 Å². The summed E-state index contributed by atoms with van der Waals surface area (Å²) in [5.74, 6) is 0.261. The van der Waals surface area contributed by atoms with E-state index in [2.05, 4.69) is 5.10 Å². The van der Waals surface area contributed by atoms with E-state index in [-0.39, 0.29) is 24.1 Å². The first kappa shape index (κ1) is 21.0. The van der Waals surface area contributed by atoms with Crippen molar-refractivity contribution in [3.05, 3.63) is 46.3 Å². The summed E-state index contributed by atoms with van der Waals surface area (Å²) in [7, 11) is -5.11. The largest absolute Gasteiger partial charge is 0.265 e. The Balaban J connectivity index is 1.89. The van der Waals surface area contributed by atoms with Crippen LogP contribution < -0.4 is 0 Å². The standard InChI is InChI=1S/C19H27N3O4S2/c1-13-6-7-19(14(2)10-13)28(25,26)21(5)11-18-15(3)20-22(16(18)4)17-8-9-27(23,24)12-17/h6-7,10,17H,8-9,11-12H2,1-5H3/t17-/m1/s1. The molecule has 1 aliphatic heterocycles. The van der Waals surface area contributed by atoms with E-state index < -0.39 is 19.9 Å². The van der Waals surface area contributed by atoms with E-state index >= 15 is 0 Å². The molecule has 0 amide bonds. The van der Waals surface area contributed by atoms with Crippen molar-refractivity contribution in [2.24, 2.45) is 0 Å². The highest BCUT2D eigenvalue weighted by atomic mass is 32.2. The van der Waals surface area contributed by atoms with Crippen LogP contribution in [0.3, 0.4) is 0 Å². The summed E-state index contributed by atoms with van der Waals surface area (Å²) in [5.41, 5.74) is 4.10. The molecule has 0 N–H and O–H groups in total. The number of aromatic nitrogens is 2. The molecule has 2 aromatic rings. The van der Waals surface area contributed by atoms with Gasteiger partial charge in [0, 0.05) is 24.8 Å². The first-order valence-electron chi connectivity index (χ1n) is 9.21. The highest BCUT2D eigenvalue weighted by molar-refractivity contribution is 7.91. The highest BCUT2D eigenvalue weighted by Gasteiger charge is 2.32. The molecule has 3 rings (SSSR count).